The fourth-order valence-corrected chi connectivity index (χ4v) is 2.13. The molecule has 0 amide bonds. The average molecular weight is 272 g/mol. The van der Waals surface area contributed by atoms with E-state index >= 15 is 0 Å². The molecule has 0 aliphatic rings. The Morgan fingerprint density at radius 1 is 1.33 bits per heavy atom. The van der Waals surface area contributed by atoms with Crippen LogP contribution in [0.25, 0.3) is 0 Å². The molecule has 0 radical (unpaired) electrons. The van der Waals surface area contributed by atoms with E-state index in [1.54, 1.807) is 6.07 Å². The molecule has 1 aromatic carbocycles. The van der Waals surface area contributed by atoms with E-state index in [4.69, 9.17) is 0 Å². The minimum absolute atomic E-state index is 0.0359. The molecule has 0 aromatic heterocycles. The number of phenolic OH excluding ortho intramolecular Hbond substituents is 1. The molecular formula is C12H20N2O3S. The molecule has 0 aliphatic heterocycles. The minimum Gasteiger partial charge on any atom is -0.508 e. The first-order chi connectivity index (χ1) is 8.29. The smallest absolute Gasteiger partial charge is 0.208 e. The highest BCUT2D eigenvalue weighted by molar-refractivity contribution is 7.88. The maximum atomic E-state index is 10.9. The summed E-state index contributed by atoms with van der Waals surface area (Å²) in [6.07, 6.45) is 1.13. The fraction of sp³-hybridized carbons (Fsp3) is 0.500. The van der Waals surface area contributed by atoms with E-state index < -0.39 is 10.0 Å². The van der Waals surface area contributed by atoms with Crippen LogP contribution in [0.4, 0.5) is 0 Å². The van der Waals surface area contributed by atoms with Crippen molar-refractivity contribution in [2.45, 2.75) is 19.9 Å². The van der Waals surface area contributed by atoms with Crippen LogP contribution in [0.15, 0.2) is 18.2 Å². The SMILES string of the molecule is Cc1ccc(O)c(C(C)NCCNS(C)(=O)=O)c1. The molecule has 0 heterocycles. The number of hydrogen-bond acceptors (Lipinski definition) is 4. The van der Waals surface area contributed by atoms with Crippen molar-refractivity contribution in [2.75, 3.05) is 19.3 Å². The summed E-state index contributed by atoms with van der Waals surface area (Å²) in [6, 6.07) is 5.39. The molecular weight excluding hydrogens is 252 g/mol. The van der Waals surface area contributed by atoms with Crippen LogP contribution in [-0.2, 0) is 10.0 Å². The summed E-state index contributed by atoms with van der Waals surface area (Å²) in [4.78, 5) is 0. The monoisotopic (exact) mass is 272 g/mol. The zero-order chi connectivity index (χ0) is 13.8. The van der Waals surface area contributed by atoms with Gasteiger partial charge in [-0.25, -0.2) is 13.1 Å². The van der Waals surface area contributed by atoms with Crippen molar-refractivity contribution in [3.8, 4) is 5.75 Å². The van der Waals surface area contributed by atoms with Crippen molar-refractivity contribution < 1.29 is 13.5 Å². The second-order valence-electron chi connectivity index (χ2n) is 4.40. The van der Waals surface area contributed by atoms with Gasteiger partial charge in [0, 0.05) is 24.7 Å². The second-order valence-corrected chi connectivity index (χ2v) is 6.24. The Morgan fingerprint density at radius 3 is 2.61 bits per heavy atom. The highest BCUT2D eigenvalue weighted by Crippen LogP contribution is 2.24. The topological polar surface area (TPSA) is 78.4 Å². The predicted octanol–water partition coefficient (Wildman–Crippen LogP) is 0.900. The third-order valence-corrected chi connectivity index (χ3v) is 3.32. The number of benzene rings is 1. The molecule has 0 spiro atoms. The van der Waals surface area contributed by atoms with Gasteiger partial charge in [0.05, 0.1) is 6.26 Å². The number of nitrogens with one attached hydrogen (secondary N) is 2. The molecule has 1 aromatic rings. The molecule has 6 heteroatoms. The van der Waals surface area contributed by atoms with Gasteiger partial charge in [-0.3, -0.25) is 0 Å². The molecule has 0 fully saturated rings. The Bertz CT molecular complexity index is 500. The zero-order valence-electron chi connectivity index (χ0n) is 10.9. The van der Waals surface area contributed by atoms with Gasteiger partial charge in [0.25, 0.3) is 0 Å². The Morgan fingerprint density at radius 2 is 2.00 bits per heavy atom. The van der Waals surface area contributed by atoms with E-state index in [1.165, 1.54) is 0 Å². The maximum Gasteiger partial charge on any atom is 0.208 e. The summed E-state index contributed by atoms with van der Waals surface area (Å²) in [5.74, 6) is 0.247. The van der Waals surface area contributed by atoms with E-state index in [0.717, 1.165) is 17.4 Å². The molecule has 18 heavy (non-hydrogen) atoms. The number of phenols is 1. The summed E-state index contributed by atoms with van der Waals surface area (Å²) >= 11 is 0. The predicted molar refractivity (Wildman–Crippen MR) is 72.1 cm³/mol. The van der Waals surface area contributed by atoms with Gasteiger partial charge in [-0.15, -0.1) is 0 Å². The van der Waals surface area contributed by atoms with Crippen molar-refractivity contribution in [1.29, 1.82) is 0 Å². The molecule has 5 nitrogen and oxygen atoms in total. The van der Waals surface area contributed by atoms with Crippen LogP contribution >= 0.6 is 0 Å². The van der Waals surface area contributed by atoms with Gasteiger partial charge in [-0.2, -0.15) is 0 Å². The second kappa shape index (κ2) is 6.17. The van der Waals surface area contributed by atoms with Crippen LogP contribution in [0.1, 0.15) is 24.1 Å². The molecule has 0 saturated carbocycles. The molecule has 3 N–H and O–H groups in total. The minimum atomic E-state index is -3.14. The van der Waals surface area contributed by atoms with Gasteiger partial charge in [0.15, 0.2) is 0 Å². The van der Waals surface area contributed by atoms with Gasteiger partial charge in [-0.05, 0) is 19.9 Å². The van der Waals surface area contributed by atoms with Crippen LogP contribution in [0.3, 0.4) is 0 Å². The lowest BCUT2D eigenvalue weighted by Gasteiger charge is -2.16. The van der Waals surface area contributed by atoms with Crippen LogP contribution in [-0.4, -0.2) is 32.9 Å². The van der Waals surface area contributed by atoms with E-state index in [9.17, 15) is 13.5 Å². The number of aryl methyl sites for hydroxylation is 1. The quantitative estimate of drug-likeness (QED) is 0.672. The van der Waals surface area contributed by atoms with E-state index in [2.05, 4.69) is 10.0 Å². The van der Waals surface area contributed by atoms with Crippen LogP contribution in [0.5, 0.6) is 5.75 Å². The summed E-state index contributed by atoms with van der Waals surface area (Å²) in [6.45, 7) is 4.72. The van der Waals surface area contributed by atoms with Gasteiger partial charge >= 0.3 is 0 Å². The lowest BCUT2D eigenvalue weighted by molar-refractivity contribution is 0.452. The van der Waals surface area contributed by atoms with E-state index in [0.29, 0.717) is 13.1 Å². The first-order valence-corrected chi connectivity index (χ1v) is 7.66. The molecule has 0 bridgehead atoms. The fourth-order valence-electron chi connectivity index (χ4n) is 1.66. The van der Waals surface area contributed by atoms with E-state index in [1.807, 2.05) is 26.0 Å². The molecule has 102 valence electrons. The van der Waals surface area contributed by atoms with Crippen LogP contribution < -0.4 is 10.0 Å². The van der Waals surface area contributed by atoms with Gasteiger partial charge in [-0.1, -0.05) is 17.7 Å². The number of aromatic hydroxyl groups is 1. The average Bonchev–Trinajstić information content (AvgIpc) is 2.26. The third-order valence-electron chi connectivity index (χ3n) is 2.59. The van der Waals surface area contributed by atoms with Crippen LogP contribution in [0, 0.1) is 6.92 Å². The summed E-state index contributed by atoms with van der Waals surface area (Å²) < 4.78 is 24.1. The maximum absolute atomic E-state index is 10.9. The van der Waals surface area contributed by atoms with Crippen molar-refractivity contribution >= 4 is 10.0 Å². The molecule has 0 saturated heterocycles. The summed E-state index contributed by atoms with van der Waals surface area (Å²) in [7, 11) is -3.14. The Balaban J connectivity index is 2.50. The lowest BCUT2D eigenvalue weighted by Crippen LogP contribution is -2.32. The van der Waals surface area contributed by atoms with Crippen LogP contribution in [0.2, 0.25) is 0 Å². The normalized spacial score (nSPS) is 13.5. The van der Waals surface area contributed by atoms with Gasteiger partial charge in [0.1, 0.15) is 5.75 Å². The number of sulfonamides is 1. The lowest BCUT2D eigenvalue weighted by atomic mass is 10.0. The summed E-state index contributed by atoms with van der Waals surface area (Å²) in [5.41, 5.74) is 1.89. The molecule has 0 aliphatic carbocycles. The standard InChI is InChI=1S/C12H20N2O3S/c1-9-4-5-12(15)11(8-9)10(2)13-6-7-14-18(3,16)17/h4-5,8,10,13-15H,6-7H2,1-3H3. The summed E-state index contributed by atoms with van der Waals surface area (Å²) in [5, 5.41) is 12.9. The van der Waals surface area contributed by atoms with Crippen molar-refractivity contribution in [1.82, 2.24) is 10.0 Å². The van der Waals surface area contributed by atoms with Crippen molar-refractivity contribution in [2.24, 2.45) is 0 Å². The van der Waals surface area contributed by atoms with Gasteiger partial charge in [0.2, 0.25) is 10.0 Å². The third kappa shape index (κ3) is 5.03. The highest BCUT2D eigenvalue weighted by Gasteiger charge is 2.10. The van der Waals surface area contributed by atoms with Crippen molar-refractivity contribution in [3.63, 3.8) is 0 Å². The first kappa shape index (κ1) is 14.9. The molecule has 1 rings (SSSR count). The Labute approximate surface area is 108 Å². The zero-order valence-corrected chi connectivity index (χ0v) is 11.7. The largest absolute Gasteiger partial charge is 0.508 e. The molecule has 1 atom stereocenters. The Hall–Kier alpha value is -1.11. The first-order valence-electron chi connectivity index (χ1n) is 5.77. The van der Waals surface area contributed by atoms with Gasteiger partial charge < -0.3 is 10.4 Å². The van der Waals surface area contributed by atoms with Crippen molar-refractivity contribution in [3.05, 3.63) is 29.3 Å². The van der Waals surface area contributed by atoms with E-state index in [-0.39, 0.29) is 11.8 Å². The number of hydrogen-bond donors (Lipinski definition) is 3. The molecule has 1 unspecified atom stereocenters. The highest BCUT2D eigenvalue weighted by atomic mass is 32.2. The number of rotatable bonds is 6. The Kier molecular flexibility index (Phi) is 5.13.